The molecule has 1 spiro atoms. The van der Waals surface area contributed by atoms with Gasteiger partial charge in [-0.1, -0.05) is 47.5 Å². The molecule has 0 radical (unpaired) electrons. The third-order valence-corrected chi connectivity index (χ3v) is 7.40. The summed E-state index contributed by atoms with van der Waals surface area (Å²) in [6, 6.07) is 19.0. The van der Waals surface area contributed by atoms with Gasteiger partial charge in [0.1, 0.15) is 11.3 Å². The van der Waals surface area contributed by atoms with Crippen molar-refractivity contribution in [2.75, 3.05) is 18.9 Å². The van der Waals surface area contributed by atoms with Gasteiger partial charge in [0.2, 0.25) is 5.91 Å². The molecule has 2 N–H and O–H groups in total. The number of phenols is 1. The topological polar surface area (TPSA) is 69.6 Å². The number of Topliss-reactive ketones (excluding diaryl/α,β-unsaturated/α-hetero) is 1. The number of hydrogen-bond donors (Lipinski definition) is 2. The van der Waals surface area contributed by atoms with E-state index in [1.807, 2.05) is 42.3 Å². The molecule has 0 saturated carbocycles. The second kappa shape index (κ2) is 7.62. The summed E-state index contributed by atoms with van der Waals surface area (Å²) in [4.78, 5) is 29.5. The van der Waals surface area contributed by atoms with Crippen LogP contribution in [0.4, 0.5) is 5.69 Å². The highest BCUT2D eigenvalue weighted by Crippen LogP contribution is 2.55. The Labute approximate surface area is 195 Å². The first kappa shape index (κ1) is 21.0. The summed E-state index contributed by atoms with van der Waals surface area (Å²) in [7, 11) is 1.87. The Bertz CT molecular complexity index is 1240. The number of amides is 1. The van der Waals surface area contributed by atoms with Gasteiger partial charge in [0.25, 0.3) is 0 Å². The molecule has 162 valence electrons. The van der Waals surface area contributed by atoms with Crippen molar-refractivity contribution in [2.45, 2.75) is 11.5 Å². The molecule has 0 aliphatic carbocycles. The Morgan fingerprint density at radius 1 is 1.06 bits per heavy atom. The number of rotatable bonds is 3. The number of likely N-dealkylation sites (tertiary alicyclic amines) is 1. The minimum Gasteiger partial charge on any atom is -0.508 e. The van der Waals surface area contributed by atoms with Crippen molar-refractivity contribution in [1.29, 1.82) is 0 Å². The van der Waals surface area contributed by atoms with Crippen LogP contribution in [0.15, 0.2) is 66.7 Å². The lowest BCUT2D eigenvalue weighted by atomic mass is 9.70. The van der Waals surface area contributed by atoms with Crippen LogP contribution in [0, 0.1) is 5.92 Å². The number of nitrogens with one attached hydrogen (secondary N) is 1. The molecule has 2 aliphatic heterocycles. The van der Waals surface area contributed by atoms with E-state index in [1.54, 1.807) is 24.3 Å². The molecule has 2 heterocycles. The first-order chi connectivity index (χ1) is 15.3. The molecule has 3 unspecified atom stereocenters. The van der Waals surface area contributed by atoms with Gasteiger partial charge < -0.3 is 10.4 Å². The number of ketones is 1. The molecule has 1 saturated heterocycles. The number of hydrogen-bond acceptors (Lipinski definition) is 4. The van der Waals surface area contributed by atoms with Crippen LogP contribution >= 0.6 is 23.2 Å². The molecule has 1 fully saturated rings. The molecule has 3 atom stereocenters. The van der Waals surface area contributed by atoms with E-state index in [1.165, 1.54) is 12.1 Å². The van der Waals surface area contributed by atoms with E-state index in [0.29, 0.717) is 27.8 Å². The number of likely N-dealkylation sites (N-methyl/N-ethyl adjacent to an activating group) is 1. The predicted octanol–water partition coefficient (Wildman–Crippen LogP) is 5.07. The lowest BCUT2D eigenvalue weighted by molar-refractivity contribution is -0.126. The fourth-order valence-corrected chi connectivity index (χ4v) is 5.55. The van der Waals surface area contributed by atoms with E-state index in [-0.39, 0.29) is 23.4 Å². The minimum atomic E-state index is -1.16. The Hall–Kier alpha value is -2.86. The van der Waals surface area contributed by atoms with Gasteiger partial charge in [-0.3, -0.25) is 14.5 Å². The molecular formula is C25H20Cl2N2O3. The quantitative estimate of drug-likeness (QED) is 0.528. The Kier molecular flexibility index (Phi) is 5.01. The van der Waals surface area contributed by atoms with Gasteiger partial charge in [0.05, 0.1) is 16.0 Å². The van der Waals surface area contributed by atoms with Crippen LogP contribution in [0.5, 0.6) is 5.75 Å². The molecule has 1 amide bonds. The van der Waals surface area contributed by atoms with Gasteiger partial charge in [-0.2, -0.15) is 0 Å². The van der Waals surface area contributed by atoms with E-state index in [0.717, 1.165) is 11.1 Å². The van der Waals surface area contributed by atoms with Gasteiger partial charge in [-0.15, -0.1) is 0 Å². The monoisotopic (exact) mass is 466 g/mol. The molecule has 3 aromatic rings. The summed E-state index contributed by atoms with van der Waals surface area (Å²) in [5, 5.41) is 13.5. The highest BCUT2D eigenvalue weighted by Gasteiger charge is 2.64. The Morgan fingerprint density at radius 3 is 2.50 bits per heavy atom. The molecule has 3 aromatic carbocycles. The van der Waals surface area contributed by atoms with Gasteiger partial charge in [0.15, 0.2) is 5.78 Å². The predicted molar refractivity (Wildman–Crippen MR) is 125 cm³/mol. The van der Waals surface area contributed by atoms with E-state index in [9.17, 15) is 14.7 Å². The van der Waals surface area contributed by atoms with Crippen LogP contribution in [-0.2, 0) is 10.3 Å². The van der Waals surface area contributed by atoms with Gasteiger partial charge in [-0.25, -0.2) is 0 Å². The molecule has 5 rings (SSSR count). The van der Waals surface area contributed by atoms with Crippen molar-refractivity contribution in [1.82, 2.24) is 4.90 Å². The van der Waals surface area contributed by atoms with E-state index in [2.05, 4.69) is 5.32 Å². The van der Waals surface area contributed by atoms with Crippen LogP contribution in [0.2, 0.25) is 10.0 Å². The zero-order valence-corrected chi connectivity index (χ0v) is 18.7. The first-order valence-electron chi connectivity index (χ1n) is 10.2. The number of fused-ring (bicyclic) bond motifs is 2. The van der Waals surface area contributed by atoms with Crippen molar-refractivity contribution in [3.05, 3.63) is 93.5 Å². The average molecular weight is 467 g/mol. The zero-order chi connectivity index (χ0) is 22.6. The lowest BCUT2D eigenvalue weighted by Crippen LogP contribution is -2.51. The van der Waals surface area contributed by atoms with Gasteiger partial charge in [-0.05, 0) is 55.1 Å². The number of aromatic hydroxyl groups is 1. The van der Waals surface area contributed by atoms with E-state index in [4.69, 9.17) is 23.2 Å². The fraction of sp³-hybridized carbons (Fsp3) is 0.200. The maximum atomic E-state index is 14.0. The smallest absolute Gasteiger partial charge is 0.250 e. The standard InChI is InChI=1S/C25H20Cl2N2O3/c1-29-13-17(15-8-11-19(26)20(27)12-15)22(23(31)14-6-9-16(30)10-7-14)25(29)18-4-2-3-5-21(18)28-24(25)32/h2-12,17,22,30H,13H2,1H3,(H,28,32). The van der Waals surface area contributed by atoms with Crippen LogP contribution in [-0.4, -0.2) is 35.3 Å². The van der Waals surface area contributed by atoms with Gasteiger partial charge >= 0.3 is 0 Å². The van der Waals surface area contributed by atoms with Gasteiger partial charge in [0, 0.05) is 29.3 Å². The van der Waals surface area contributed by atoms with Crippen molar-refractivity contribution >= 4 is 40.6 Å². The number of benzene rings is 3. The summed E-state index contributed by atoms with van der Waals surface area (Å²) in [5.41, 5.74) is 1.61. The summed E-state index contributed by atoms with van der Waals surface area (Å²) < 4.78 is 0. The molecule has 5 nitrogen and oxygen atoms in total. The maximum Gasteiger partial charge on any atom is 0.250 e. The third kappa shape index (κ3) is 2.96. The number of para-hydroxylation sites is 1. The summed E-state index contributed by atoms with van der Waals surface area (Å²) in [5.74, 6) is -1.33. The number of carbonyl (C=O) groups is 2. The summed E-state index contributed by atoms with van der Waals surface area (Å²) in [6.07, 6.45) is 0. The van der Waals surface area contributed by atoms with Crippen LogP contribution in [0.25, 0.3) is 0 Å². The first-order valence-corrected chi connectivity index (χ1v) is 11.0. The zero-order valence-electron chi connectivity index (χ0n) is 17.2. The lowest BCUT2D eigenvalue weighted by Gasteiger charge is -2.35. The second-order valence-corrected chi connectivity index (χ2v) is 9.13. The Balaban J connectivity index is 1.73. The number of nitrogens with zero attached hydrogens (tertiary/aromatic N) is 1. The summed E-state index contributed by atoms with van der Waals surface area (Å²) in [6.45, 7) is 0.480. The minimum absolute atomic E-state index is 0.0739. The summed E-state index contributed by atoms with van der Waals surface area (Å²) >= 11 is 12.5. The largest absolute Gasteiger partial charge is 0.508 e. The molecule has 7 heteroatoms. The van der Waals surface area contributed by atoms with Crippen molar-refractivity contribution in [3.63, 3.8) is 0 Å². The van der Waals surface area contributed by atoms with E-state index < -0.39 is 11.5 Å². The number of anilines is 1. The molecule has 32 heavy (non-hydrogen) atoms. The number of halogens is 2. The highest BCUT2D eigenvalue weighted by atomic mass is 35.5. The SMILES string of the molecule is CN1CC(c2ccc(Cl)c(Cl)c2)C(C(=O)c2ccc(O)cc2)C12C(=O)Nc1ccccc12. The Morgan fingerprint density at radius 2 is 1.78 bits per heavy atom. The highest BCUT2D eigenvalue weighted by molar-refractivity contribution is 6.42. The maximum absolute atomic E-state index is 14.0. The van der Waals surface area contributed by atoms with Crippen molar-refractivity contribution in [3.8, 4) is 5.75 Å². The van der Waals surface area contributed by atoms with E-state index >= 15 is 0 Å². The second-order valence-electron chi connectivity index (χ2n) is 8.32. The van der Waals surface area contributed by atoms with Crippen LogP contribution in [0.3, 0.4) is 0 Å². The van der Waals surface area contributed by atoms with Crippen LogP contribution < -0.4 is 5.32 Å². The fourth-order valence-electron chi connectivity index (χ4n) is 5.24. The van der Waals surface area contributed by atoms with Crippen LogP contribution in [0.1, 0.15) is 27.4 Å². The third-order valence-electron chi connectivity index (χ3n) is 6.66. The van der Waals surface area contributed by atoms with Crippen molar-refractivity contribution in [2.24, 2.45) is 5.92 Å². The molecule has 0 bridgehead atoms. The molecular weight excluding hydrogens is 447 g/mol. The van der Waals surface area contributed by atoms with Crippen molar-refractivity contribution < 1.29 is 14.7 Å². The molecule has 2 aliphatic rings. The number of carbonyl (C=O) groups excluding carboxylic acids is 2. The number of phenolic OH excluding ortho intramolecular Hbond substituents is 1. The average Bonchev–Trinajstić information content (AvgIpc) is 3.25. The molecule has 0 aromatic heterocycles. The normalized spacial score (nSPS) is 24.5.